The van der Waals surface area contributed by atoms with Crippen molar-refractivity contribution in [2.75, 3.05) is 17.4 Å². The lowest BCUT2D eigenvalue weighted by molar-refractivity contribution is 0.319. The van der Waals surface area contributed by atoms with Crippen molar-refractivity contribution in [2.45, 2.75) is 42.0 Å². The highest BCUT2D eigenvalue weighted by atomic mass is 35.5. The molecule has 3 aromatic rings. The maximum Gasteiger partial charge on any atom is 0.268 e. The quantitative estimate of drug-likeness (QED) is 0.470. The van der Waals surface area contributed by atoms with Crippen LogP contribution in [0, 0.1) is 0 Å². The van der Waals surface area contributed by atoms with Gasteiger partial charge in [0.05, 0.1) is 16.0 Å². The Morgan fingerprint density at radius 1 is 0.941 bits per heavy atom. The Bertz CT molecular complexity index is 1340. The maximum atomic E-state index is 13.6. The van der Waals surface area contributed by atoms with Gasteiger partial charge in [0, 0.05) is 25.5 Å². The molecule has 11 heteroatoms. The molecule has 0 unspecified atom stereocenters. The number of hydrogen-bond acceptors (Lipinski definition) is 6. The van der Waals surface area contributed by atoms with E-state index in [1.807, 2.05) is 19.1 Å². The van der Waals surface area contributed by atoms with Crippen LogP contribution in [0.25, 0.3) is 0 Å². The van der Waals surface area contributed by atoms with Gasteiger partial charge in [-0.15, -0.1) is 0 Å². The van der Waals surface area contributed by atoms with E-state index < -0.39 is 26.1 Å². The van der Waals surface area contributed by atoms with Crippen LogP contribution < -0.4 is 4.31 Å². The smallest absolute Gasteiger partial charge is 0.230 e. The molecule has 1 aromatic heterocycles. The first kappa shape index (κ1) is 24.6. The van der Waals surface area contributed by atoms with E-state index in [1.165, 1.54) is 33.1 Å². The Morgan fingerprint density at radius 2 is 1.56 bits per heavy atom. The van der Waals surface area contributed by atoms with E-state index in [9.17, 15) is 16.8 Å². The Kier molecular flexibility index (Phi) is 7.22. The van der Waals surface area contributed by atoms with E-state index in [4.69, 9.17) is 11.6 Å². The van der Waals surface area contributed by atoms with Crippen LogP contribution >= 0.6 is 11.6 Å². The van der Waals surface area contributed by atoms with Crippen LogP contribution in [0.3, 0.4) is 0 Å². The summed E-state index contributed by atoms with van der Waals surface area (Å²) in [6, 6.07) is 14.1. The number of anilines is 1. The Hall–Kier alpha value is -2.53. The van der Waals surface area contributed by atoms with Gasteiger partial charge in [-0.2, -0.15) is 4.31 Å². The molecule has 1 saturated heterocycles. The molecular weight excluding hydrogens is 496 g/mol. The second kappa shape index (κ2) is 9.99. The van der Waals surface area contributed by atoms with Crippen molar-refractivity contribution in [2.24, 2.45) is 0 Å². The van der Waals surface area contributed by atoms with Gasteiger partial charge in [-0.1, -0.05) is 42.8 Å². The fourth-order valence-electron chi connectivity index (χ4n) is 4.00. The van der Waals surface area contributed by atoms with Crippen LogP contribution in [0.4, 0.5) is 5.95 Å². The van der Waals surface area contributed by atoms with Crippen molar-refractivity contribution < 1.29 is 16.8 Å². The molecule has 34 heavy (non-hydrogen) atoms. The SMILES string of the molecule is CCc1ccc(S(=O)(=O)N2CCC(N(c3ncccn3)S(=O)(=O)c3ccccc3Cl)CC2)cc1. The summed E-state index contributed by atoms with van der Waals surface area (Å²) >= 11 is 6.22. The lowest BCUT2D eigenvalue weighted by Crippen LogP contribution is -2.49. The number of hydrogen-bond donors (Lipinski definition) is 0. The molecule has 0 N–H and O–H groups in total. The largest absolute Gasteiger partial charge is 0.268 e. The molecule has 180 valence electrons. The molecule has 2 aromatic carbocycles. The topological polar surface area (TPSA) is 101 Å². The standard InChI is InChI=1S/C23H25ClN4O4S2/c1-2-18-8-10-20(11-9-18)33(29,30)27-16-12-19(13-17-27)28(23-25-14-5-15-26-23)34(31,32)22-7-4-3-6-21(22)24/h3-11,14-15,19H,2,12-13,16-17H2,1H3. The molecule has 1 aliphatic rings. The molecule has 0 atom stereocenters. The van der Waals surface area contributed by atoms with Crippen LogP contribution in [0.5, 0.6) is 0 Å². The Morgan fingerprint density at radius 3 is 2.15 bits per heavy atom. The van der Waals surface area contributed by atoms with Crippen LogP contribution in [0.15, 0.2) is 76.8 Å². The lowest BCUT2D eigenvalue weighted by atomic mass is 10.1. The van der Waals surface area contributed by atoms with E-state index in [0.29, 0.717) is 0 Å². The number of rotatable bonds is 7. The molecule has 0 amide bonds. The third-order valence-electron chi connectivity index (χ3n) is 5.85. The van der Waals surface area contributed by atoms with Gasteiger partial charge in [0.1, 0.15) is 4.90 Å². The van der Waals surface area contributed by atoms with Gasteiger partial charge in [-0.3, -0.25) is 0 Å². The first-order valence-electron chi connectivity index (χ1n) is 10.9. The van der Waals surface area contributed by atoms with Gasteiger partial charge in [-0.25, -0.2) is 31.1 Å². The summed E-state index contributed by atoms with van der Waals surface area (Å²) in [6.45, 7) is 2.35. The number of aryl methyl sites for hydroxylation is 1. The van der Waals surface area contributed by atoms with Crippen molar-refractivity contribution in [3.05, 3.63) is 77.6 Å². The second-order valence-electron chi connectivity index (χ2n) is 7.91. The average Bonchev–Trinajstić information content (AvgIpc) is 2.85. The molecule has 0 radical (unpaired) electrons. The van der Waals surface area contributed by atoms with E-state index >= 15 is 0 Å². The molecule has 2 heterocycles. The number of halogens is 1. The van der Waals surface area contributed by atoms with E-state index in [1.54, 1.807) is 30.3 Å². The van der Waals surface area contributed by atoms with Crippen molar-refractivity contribution in [1.29, 1.82) is 0 Å². The monoisotopic (exact) mass is 520 g/mol. The predicted molar refractivity (Wildman–Crippen MR) is 131 cm³/mol. The average molecular weight is 521 g/mol. The lowest BCUT2D eigenvalue weighted by Gasteiger charge is -2.37. The predicted octanol–water partition coefficient (Wildman–Crippen LogP) is 3.74. The zero-order valence-corrected chi connectivity index (χ0v) is 21.0. The third kappa shape index (κ3) is 4.81. The number of sulfonamides is 2. The summed E-state index contributed by atoms with van der Waals surface area (Å²) in [5.74, 6) is 0.0267. The van der Waals surface area contributed by atoms with E-state index in [-0.39, 0.29) is 46.7 Å². The van der Waals surface area contributed by atoms with Crippen LogP contribution in [0.2, 0.25) is 5.02 Å². The normalized spacial score (nSPS) is 15.8. The van der Waals surface area contributed by atoms with Gasteiger partial charge in [0.15, 0.2) is 0 Å². The number of nitrogens with zero attached hydrogens (tertiary/aromatic N) is 4. The zero-order valence-electron chi connectivity index (χ0n) is 18.6. The summed E-state index contributed by atoms with van der Waals surface area (Å²) in [6.07, 6.45) is 4.33. The number of benzene rings is 2. The van der Waals surface area contributed by atoms with E-state index in [0.717, 1.165) is 12.0 Å². The summed E-state index contributed by atoms with van der Waals surface area (Å²) in [5.41, 5.74) is 1.06. The Balaban J connectivity index is 1.61. The molecule has 0 saturated carbocycles. The first-order chi connectivity index (χ1) is 16.2. The van der Waals surface area contributed by atoms with Gasteiger partial charge < -0.3 is 0 Å². The minimum absolute atomic E-state index is 0.0267. The summed E-state index contributed by atoms with van der Waals surface area (Å²) in [7, 11) is -7.77. The zero-order chi connectivity index (χ0) is 24.3. The van der Waals surface area contributed by atoms with Crippen molar-refractivity contribution in [1.82, 2.24) is 14.3 Å². The van der Waals surface area contributed by atoms with Crippen molar-refractivity contribution in [3.63, 3.8) is 0 Å². The second-order valence-corrected chi connectivity index (χ2v) is 12.0. The van der Waals surface area contributed by atoms with Crippen molar-refractivity contribution in [3.8, 4) is 0 Å². The molecular formula is C23H25ClN4O4S2. The summed E-state index contributed by atoms with van der Waals surface area (Å²) in [5, 5.41) is 0.0963. The maximum absolute atomic E-state index is 13.6. The highest BCUT2D eigenvalue weighted by Crippen LogP contribution is 2.32. The van der Waals surface area contributed by atoms with Gasteiger partial charge in [-0.05, 0) is 55.2 Å². The molecule has 0 aliphatic carbocycles. The summed E-state index contributed by atoms with van der Waals surface area (Å²) < 4.78 is 56.2. The molecule has 1 fully saturated rings. The molecule has 8 nitrogen and oxygen atoms in total. The fourth-order valence-corrected chi connectivity index (χ4v) is 7.58. The summed E-state index contributed by atoms with van der Waals surface area (Å²) in [4.78, 5) is 8.52. The molecule has 4 rings (SSSR count). The minimum Gasteiger partial charge on any atom is -0.230 e. The highest BCUT2D eigenvalue weighted by molar-refractivity contribution is 7.93. The van der Waals surface area contributed by atoms with Crippen molar-refractivity contribution >= 4 is 37.6 Å². The van der Waals surface area contributed by atoms with Crippen LogP contribution in [-0.4, -0.2) is 50.2 Å². The first-order valence-corrected chi connectivity index (χ1v) is 14.2. The molecule has 1 aliphatic heterocycles. The van der Waals surface area contributed by atoms with Gasteiger partial charge in [0.2, 0.25) is 16.0 Å². The highest BCUT2D eigenvalue weighted by Gasteiger charge is 2.39. The third-order valence-corrected chi connectivity index (χ3v) is 10.1. The number of piperidine rings is 1. The van der Waals surface area contributed by atoms with Gasteiger partial charge in [0.25, 0.3) is 10.0 Å². The molecule has 0 spiro atoms. The number of aromatic nitrogens is 2. The Labute approximate surface area is 205 Å². The van der Waals surface area contributed by atoms with Gasteiger partial charge >= 0.3 is 0 Å². The van der Waals surface area contributed by atoms with E-state index in [2.05, 4.69) is 9.97 Å². The van der Waals surface area contributed by atoms with Crippen LogP contribution in [-0.2, 0) is 26.5 Å². The molecule has 0 bridgehead atoms. The fraction of sp³-hybridized carbons (Fsp3) is 0.304. The minimum atomic E-state index is -4.09. The van der Waals surface area contributed by atoms with Crippen LogP contribution in [0.1, 0.15) is 25.3 Å².